The third-order valence-electron chi connectivity index (χ3n) is 5.68. The molecule has 2 nitrogen and oxygen atoms in total. The van der Waals surface area contributed by atoms with Crippen LogP contribution in [0.25, 0.3) is 0 Å². The number of fused-ring (bicyclic) bond motifs is 1. The van der Waals surface area contributed by atoms with Gasteiger partial charge in [-0.05, 0) is 59.3 Å². The first-order valence-corrected chi connectivity index (χ1v) is 6.82. The molecule has 0 saturated heterocycles. The maximum absolute atomic E-state index is 9.58. The van der Waals surface area contributed by atoms with Crippen LogP contribution >= 0.6 is 0 Å². The molecular weight excluding hydrogens is 224 g/mol. The minimum atomic E-state index is 0.280. The van der Waals surface area contributed by atoms with E-state index in [0.717, 1.165) is 18.6 Å². The van der Waals surface area contributed by atoms with Gasteiger partial charge in [0.2, 0.25) is 0 Å². The maximum Gasteiger partial charge on any atom is 0.119 e. The first-order chi connectivity index (χ1) is 8.55. The third-order valence-corrected chi connectivity index (χ3v) is 5.68. The minimum Gasteiger partial charge on any atom is -0.497 e. The van der Waals surface area contributed by atoms with Crippen molar-refractivity contribution in [1.29, 1.82) is 0 Å². The second-order valence-electron chi connectivity index (χ2n) is 6.42. The predicted molar refractivity (Wildman–Crippen MR) is 71.8 cm³/mol. The van der Waals surface area contributed by atoms with Gasteiger partial charge in [-0.15, -0.1) is 0 Å². The van der Waals surface area contributed by atoms with E-state index >= 15 is 0 Å². The van der Waals surface area contributed by atoms with Gasteiger partial charge in [-0.25, -0.2) is 0 Å². The Morgan fingerprint density at radius 3 is 2.72 bits per heavy atom. The molecule has 1 saturated carbocycles. The molecule has 2 aliphatic rings. The molecule has 1 fully saturated rings. The van der Waals surface area contributed by atoms with Crippen LogP contribution in [0.3, 0.4) is 0 Å². The summed E-state index contributed by atoms with van der Waals surface area (Å²) in [5, 5.41) is 9.58. The van der Waals surface area contributed by atoms with Gasteiger partial charge < -0.3 is 9.84 Å². The summed E-state index contributed by atoms with van der Waals surface area (Å²) < 4.78 is 5.32. The lowest BCUT2D eigenvalue weighted by molar-refractivity contribution is 0.239. The van der Waals surface area contributed by atoms with Gasteiger partial charge in [0.05, 0.1) is 7.11 Å². The lowest BCUT2D eigenvalue weighted by Crippen LogP contribution is -2.21. The third kappa shape index (κ3) is 1.38. The quantitative estimate of drug-likeness (QED) is 0.869. The Morgan fingerprint density at radius 1 is 1.33 bits per heavy atom. The van der Waals surface area contributed by atoms with E-state index in [-0.39, 0.29) is 5.41 Å². The lowest BCUT2D eigenvalue weighted by Gasteiger charge is -2.28. The Bertz CT molecular complexity index is 478. The molecule has 18 heavy (non-hydrogen) atoms. The van der Waals surface area contributed by atoms with Gasteiger partial charge in [-0.1, -0.05) is 19.9 Å². The van der Waals surface area contributed by atoms with Crippen LogP contribution in [0.15, 0.2) is 18.2 Å². The van der Waals surface area contributed by atoms with Gasteiger partial charge in [0.25, 0.3) is 0 Å². The highest BCUT2D eigenvalue weighted by molar-refractivity contribution is 5.41. The molecular formula is C16H22O2. The van der Waals surface area contributed by atoms with Crippen LogP contribution in [-0.2, 0) is 12.8 Å². The predicted octanol–water partition coefficient (Wildman–Crippen LogP) is 2.82. The van der Waals surface area contributed by atoms with Crippen LogP contribution in [0.2, 0.25) is 0 Å². The number of benzene rings is 1. The zero-order valence-electron chi connectivity index (χ0n) is 11.5. The zero-order valence-corrected chi connectivity index (χ0v) is 11.5. The number of aryl methyl sites for hydroxylation is 1. The summed E-state index contributed by atoms with van der Waals surface area (Å²) in [4.78, 5) is 0. The molecule has 0 heterocycles. The summed E-state index contributed by atoms with van der Waals surface area (Å²) in [6.07, 6.45) is 3.45. The molecule has 0 amide bonds. The Morgan fingerprint density at radius 2 is 2.11 bits per heavy atom. The largest absolute Gasteiger partial charge is 0.497 e. The van der Waals surface area contributed by atoms with E-state index in [9.17, 15) is 5.11 Å². The van der Waals surface area contributed by atoms with Crippen LogP contribution in [0.4, 0.5) is 0 Å². The highest BCUT2D eigenvalue weighted by atomic mass is 16.5. The minimum absolute atomic E-state index is 0.280. The summed E-state index contributed by atoms with van der Waals surface area (Å²) in [7, 11) is 1.72. The van der Waals surface area contributed by atoms with Crippen molar-refractivity contribution in [3.8, 4) is 5.75 Å². The highest BCUT2D eigenvalue weighted by Gasteiger charge is 2.69. The molecule has 2 unspecified atom stereocenters. The van der Waals surface area contributed by atoms with Crippen molar-refractivity contribution in [2.75, 3.05) is 13.7 Å². The number of aliphatic hydroxyl groups is 1. The van der Waals surface area contributed by atoms with Gasteiger partial charge in [-0.2, -0.15) is 0 Å². The standard InChI is InChI=1S/C16H22O2/c1-15(2)14(10-17)16(15)7-6-11-4-5-13(18-3)8-12(11)9-16/h4-5,8,14,17H,6-7,9-10H2,1-3H3. The molecule has 0 aliphatic heterocycles. The van der Waals surface area contributed by atoms with E-state index in [1.807, 2.05) is 0 Å². The molecule has 2 aliphatic carbocycles. The lowest BCUT2D eigenvalue weighted by atomic mass is 9.77. The second kappa shape index (κ2) is 3.74. The van der Waals surface area contributed by atoms with E-state index in [1.165, 1.54) is 17.5 Å². The summed E-state index contributed by atoms with van der Waals surface area (Å²) >= 11 is 0. The van der Waals surface area contributed by atoms with E-state index in [1.54, 1.807) is 7.11 Å². The van der Waals surface area contributed by atoms with Gasteiger partial charge in [0, 0.05) is 6.61 Å². The SMILES string of the molecule is COc1ccc2c(c1)CC1(CC2)C(CO)C1(C)C. The summed E-state index contributed by atoms with van der Waals surface area (Å²) in [5.74, 6) is 1.41. The smallest absolute Gasteiger partial charge is 0.119 e. The van der Waals surface area contributed by atoms with Gasteiger partial charge in [0.1, 0.15) is 5.75 Å². The maximum atomic E-state index is 9.58. The number of rotatable bonds is 2. The molecule has 98 valence electrons. The molecule has 1 N–H and O–H groups in total. The van der Waals surface area contributed by atoms with Gasteiger partial charge >= 0.3 is 0 Å². The van der Waals surface area contributed by atoms with Gasteiger partial charge in [0.15, 0.2) is 0 Å². The Hall–Kier alpha value is -1.02. The summed E-state index contributed by atoms with van der Waals surface area (Å²) in [6, 6.07) is 6.43. The fraction of sp³-hybridized carbons (Fsp3) is 0.625. The molecule has 0 bridgehead atoms. The number of aliphatic hydroxyl groups excluding tert-OH is 1. The van der Waals surface area contributed by atoms with Crippen LogP contribution < -0.4 is 4.74 Å². The number of methoxy groups -OCH3 is 1. The van der Waals surface area contributed by atoms with Crippen LogP contribution in [0.5, 0.6) is 5.75 Å². The monoisotopic (exact) mass is 246 g/mol. The van der Waals surface area contributed by atoms with Crippen LogP contribution in [-0.4, -0.2) is 18.8 Å². The van der Waals surface area contributed by atoms with E-state index in [2.05, 4.69) is 32.0 Å². The Kier molecular flexibility index (Phi) is 2.50. The molecule has 2 atom stereocenters. The number of hydrogen-bond acceptors (Lipinski definition) is 2. The zero-order chi connectivity index (χ0) is 13.0. The molecule has 2 heteroatoms. The average molecular weight is 246 g/mol. The number of hydrogen-bond donors (Lipinski definition) is 1. The van der Waals surface area contributed by atoms with Crippen molar-refractivity contribution in [2.45, 2.75) is 33.1 Å². The first kappa shape index (κ1) is 12.0. The topological polar surface area (TPSA) is 29.5 Å². The molecule has 1 aromatic rings. The average Bonchev–Trinajstić information content (AvgIpc) is 2.82. The molecule has 1 aromatic carbocycles. The van der Waals surface area contributed by atoms with Crippen LogP contribution in [0.1, 0.15) is 31.4 Å². The van der Waals surface area contributed by atoms with E-state index in [0.29, 0.717) is 17.9 Å². The summed E-state index contributed by atoms with van der Waals surface area (Å²) in [6.45, 7) is 4.93. The van der Waals surface area contributed by atoms with Crippen molar-refractivity contribution in [2.24, 2.45) is 16.7 Å². The van der Waals surface area contributed by atoms with Crippen molar-refractivity contribution >= 4 is 0 Å². The van der Waals surface area contributed by atoms with E-state index in [4.69, 9.17) is 4.74 Å². The van der Waals surface area contributed by atoms with Crippen molar-refractivity contribution in [3.05, 3.63) is 29.3 Å². The number of ether oxygens (including phenoxy) is 1. The van der Waals surface area contributed by atoms with E-state index < -0.39 is 0 Å². The van der Waals surface area contributed by atoms with Crippen molar-refractivity contribution in [3.63, 3.8) is 0 Å². The Labute approximate surface area is 109 Å². The molecule has 1 spiro atoms. The summed E-state index contributed by atoms with van der Waals surface area (Å²) in [5.41, 5.74) is 3.48. The molecule has 0 aromatic heterocycles. The fourth-order valence-corrected chi connectivity index (χ4v) is 4.24. The fourth-order valence-electron chi connectivity index (χ4n) is 4.24. The highest BCUT2D eigenvalue weighted by Crippen LogP contribution is 2.73. The second-order valence-corrected chi connectivity index (χ2v) is 6.42. The Balaban J connectivity index is 1.94. The van der Waals surface area contributed by atoms with Crippen molar-refractivity contribution < 1.29 is 9.84 Å². The normalized spacial score (nSPS) is 32.1. The first-order valence-electron chi connectivity index (χ1n) is 6.82. The van der Waals surface area contributed by atoms with Gasteiger partial charge in [-0.3, -0.25) is 0 Å². The van der Waals surface area contributed by atoms with Crippen LogP contribution in [0, 0.1) is 16.7 Å². The van der Waals surface area contributed by atoms with Crippen molar-refractivity contribution in [1.82, 2.24) is 0 Å². The molecule has 0 radical (unpaired) electrons. The molecule has 3 rings (SSSR count).